The molecule has 0 aromatic heterocycles. The van der Waals surface area contributed by atoms with Crippen molar-refractivity contribution in [3.8, 4) is 34.8 Å². The lowest BCUT2D eigenvalue weighted by molar-refractivity contribution is 0.922. The molecule has 0 heterocycles. The molecule has 0 saturated heterocycles. The van der Waals surface area contributed by atoms with Gasteiger partial charge in [0.1, 0.15) is 0 Å². The first-order valence-electron chi connectivity index (χ1n) is 12.3. The van der Waals surface area contributed by atoms with Gasteiger partial charge in [0.2, 0.25) is 0 Å². The van der Waals surface area contributed by atoms with Crippen molar-refractivity contribution < 1.29 is 0 Å². The van der Waals surface area contributed by atoms with E-state index in [2.05, 4.69) is 134 Å². The fraction of sp³-hybridized carbons (Fsp3) is 0.143. The van der Waals surface area contributed by atoms with Crippen LogP contribution in [-0.2, 0) is 12.8 Å². The van der Waals surface area contributed by atoms with Crippen LogP contribution in [0.1, 0.15) is 53.1 Å². The molecule has 4 rings (SSSR count). The molecule has 0 spiro atoms. The largest absolute Gasteiger partial charge is 0.103 e. The van der Waals surface area contributed by atoms with Gasteiger partial charge in [-0.3, -0.25) is 0 Å². The molecule has 0 radical (unpaired) electrons. The maximum atomic E-state index is 3.78. The topological polar surface area (TPSA) is 0 Å². The number of hydrogen-bond acceptors (Lipinski definition) is 0. The van der Waals surface area contributed by atoms with Crippen LogP contribution in [0.4, 0.5) is 0 Å². The zero-order chi connectivity index (χ0) is 24.3. The van der Waals surface area contributed by atoms with Gasteiger partial charge in [0.05, 0.1) is 0 Å². The van der Waals surface area contributed by atoms with Gasteiger partial charge in [-0.15, -0.1) is 6.58 Å². The normalized spacial score (nSPS) is 9.97. The summed E-state index contributed by atoms with van der Waals surface area (Å²) in [5.41, 5.74) is 9.15. The second kappa shape index (κ2) is 12.3. The van der Waals surface area contributed by atoms with E-state index >= 15 is 0 Å². The molecule has 0 atom stereocenters. The zero-order valence-corrected chi connectivity index (χ0v) is 20.4. The Morgan fingerprint density at radius 1 is 0.514 bits per heavy atom. The van der Waals surface area contributed by atoms with Crippen LogP contribution in [0, 0.1) is 23.7 Å². The van der Waals surface area contributed by atoms with Crippen LogP contribution < -0.4 is 0 Å². The highest BCUT2D eigenvalue weighted by Gasteiger charge is 1.98. The van der Waals surface area contributed by atoms with Crippen molar-refractivity contribution in [1.29, 1.82) is 0 Å². The first kappa shape index (κ1) is 23.9. The van der Waals surface area contributed by atoms with E-state index in [1.54, 1.807) is 0 Å². The van der Waals surface area contributed by atoms with E-state index < -0.39 is 0 Å². The van der Waals surface area contributed by atoms with E-state index in [1.165, 1.54) is 28.7 Å². The van der Waals surface area contributed by atoms with Gasteiger partial charge >= 0.3 is 0 Å². The Morgan fingerprint density at radius 3 is 1.20 bits per heavy atom. The monoisotopic (exact) mass is 450 g/mol. The molecule has 0 saturated carbocycles. The molecule has 0 unspecified atom stereocenters. The van der Waals surface area contributed by atoms with Gasteiger partial charge in [0.15, 0.2) is 0 Å². The van der Waals surface area contributed by atoms with Crippen LogP contribution in [0.5, 0.6) is 0 Å². The Bertz CT molecular complexity index is 1360. The van der Waals surface area contributed by atoms with Gasteiger partial charge in [-0.25, -0.2) is 0 Å². The Balaban J connectivity index is 1.38. The minimum atomic E-state index is 1.00. The van der Waals surface area contributed by atoms with Crippen LogP contribution in [0.2, 0.25) is 0 Å². The van der Waals surface area contributed by atoms with Crippen LogP contribution in [0.25, 0.3) is 11.1 Å². The highest BCUT2D eigenvalue weighted by Crippen LogP contribution is 2.20. The highest BCUT2D eigenvalue weighted by atomic mass is 14.0. The number of aryl methyl sites for hydroxylation is 2. The molecular weight excluding hydrogens is 420 g/mol. The molecular formula is C35H30. The molecule has 0 bridgehead atoms. The summed E-state index contributed by atoms with van der Waals surface area (Å²) in [5.74, 6) is 13.1. The maximum absolute atomic E-state index is 3.78. The molecule has 0 aliphatic rings. The van der Waals surface area contributed by atoms with Gasteiger partial charge in [-0.2, -0.15) is 0 Å². The minimum Gasteiger partial charge on any atom is -0.103 e. The lowest BCUT2D eigenvalue weighted by Gasteiger charge is -2.02. The van der Waals surface area contributed by atoms with E-state index in [0.717, 1.165) is 41.5 Å². The van der Waals surface area contributed by atoms with E-state index in [1.807, 2.05) is 6.08 Å². The Morgan fingerprint density at radius 2 is 0.857 bits per heavy atom. The third-order valence-corrected chi connectivity index (χ3v) is 5.89. The first-order chi connectivity index (χ1) is 17.2. The molecule has 4 aromatic rings. The van der Waals surface area contributed by atoms with Crippen LogP contribution in [0.15, 0.2) is 110 Å². The number of rotatable bonds is 6. The van der Waals surface area contributed by atoms with Crippen molar-refractivity contribution in [2.45, 2.75) is 32.6 Å². The molecule has 4 aromatic carbocycles. The first-order valence-corrected chi connectivity index (χ1v) is 12.3. The average Bonchev–Trinajstić information content (AvgIpc) is 2.92. The maximum Gasteiger partial charge on any atom is 0.0249 e. The number of hydrogen-bond donors (Lipinski definition) is 0. The zero-order valence-electron chi connectivity index (χ0n) is 20.4. The molecule has 0 aliphatic carbocycles. The van der Waals surface area contributed by atoms with Crippen molar-refractivity contribution in [1.82, 2.24) is 0 Å². The Hall–Kier alpha value is -4.26. The summed E-state index contributed by atoms with van der Waals surface area (Å²) in [5, 5.41) is 0. The number of allylic oxidation sites excluding steroid dienone is 1. The SMILES string of the molecule is C=CCCc1ccc(C#Cc2ccc(-c3ccc(C#Cc4ccc(CCC)cc4)cc3)cc2)cc1. The third kappa shape index (κ3) is 7.11. The van der Waals surface area contributed by atoms with Crippen molar-refractivity contribution >= 4 is 0 Å². The molecule has 0 aliphatic heterocycles. The predicted octanol–water partition coefficient (Wildman–Crippen LogP) is 8.22. The van der Waals surface area contributed by atoms with E-state index in [9.17, 15) is 0 Å². The lowest BCUT2D eigenvalue weighted by Crippen LogP contribution is -1.84. The fourth-order valence-electron chi connectivity index (χ4n) is 3.85. The molecule has 0 N–H and O–H groups in total. The molecule has 35 heavy (non-hydrogen) atoms. The van der Waals surface area contributed by atoms with E-state index in [0.29, 0.717) is 0 Å². The summed E-state index contributed by atoms with van der Waals surface area (Å²) >= 11 is 0. The second-order valence-electron chi connectivity index (χ2n) is 8.63. The van der Waals surface area contributed by atoms with Crippen LogP contribution in [0.3, 0.4) is 0 Å². The summed E-state index contributed by atoms with van der Waals surface area (Å²) < 4.78 is 0. The van der Waals surface area contributed by atoms with Crippen molar-refractivity contribution in [3.63, 3.8) is 0 Å². The summed E-state index contributed by atoms with van der Waals surface area (Å²) in [6.45, 7) is 5.98. The van der Waals surface area contributed by atoms with Gasteiger partial charge < -0.3 is 0 Å². The van der Waals surface area contributed by atoms with Crippen molar-refractivity contribution in [2.75, 3.05) is 0 Å². The van der Waals surface area contributed by atoms with E-state index in [4.69, 9.17) is 0 Å². The highest BCUT2D eigenvalue weighted by molar-refractivity contribution is 5.65. The number of benzene rings is 4. The van der Waals surface area contributed by atoms with Crippen LogP contribution in [-0.4, -0.2) is 0 Å². The Labute approximate surface area is 210 Å². The lowest BCUT2D eigenvalue weighted by atomic mass is 10.0. The second-order valence-corrected chi connectivity index (χ2v) is 8.63. The third-order valence-electron chi connectivity index (χ3n) is 5.89. The smallest absolute Gasteiger partial charge is 0.0249 e. The van der Waals surface area contributed by atoms with Gasteiger partial charge in [0.25, 0.3) is 0 Å². The van der Waals surface area contributed by atoms with Gasteiger partial charge in [-0.1, -0.05) is 91.6 Å². The summed E-state index contributed by atoms with van der Waals surface area (Å²) in [4.78, 5) is 0. The van der Waals surface area contributed by atoms with Gasteiger partial charge in [-0.05, 0) is 90.0 Å². The quantitative estimate of drug-likeness (QED) is 0.205. The summed E-state index contributed by atoms with van der Waals surface area (Å²) in [6.07, 6.45) is 6.26. The standard InChI is InChI=1S/C35H30/c1-3-5-7-29-10-14-31(15-11-29)17-19-33-22-26-35(27-23-33)34-24-20-32(21-25-34)18-16-30-12-8-28(6-4-2)9-13-30/h3,8-15,20-27H,1,4-7H2,2H3. The fourth-order valence-corrected chi connectivity index (χ4v) is 3.85. The molecule has 170 valence electrons. The Kier molecular flexibility index (Phi) is 8.37. The van der Waals surface area contributed by atoms with Crippen molar-refractivity contribution in [2.24, 2.45) is 0 Å². The summed E-state index contributed by atoms with van der Waals surface area (Å²) in [7, 11) is 0. The molecule has 0 fully saturated rings. The molecule has 0 heteroatoms. The average molecular weight is 451 g/mol. The van der Waals surface area contributed by atoms with Crippen molar-refractivity contribution in [3.05, 3.63) is 143 Å². The van der Waals surface area contributed by atoms with E-state index in [-0.39, 0.29) is 0 Å². The predicted molar refractivity (Wildman–Crippen MR) is 149 cm³/mol. The van der Waals surface area contributed by atoms with Crippen LogP contribution >= 0.6 is 0 Å². The molecule has 0 nitrogen and oxygen atoms in total. The van der Waals surface area contributed by atoms with Gasteiger partial charge in [0, 0.05) is 22.3 Å². The summed E-state index contributed by atoms with van der Waals surface area (Å²) in [6, 6.07) is 33.9. The molecule has 0 amide bonds. The minimum absolute atomic E-state index is 1.00.